The summed E-state index contributed by atoms with van der Waals surface area (Å²) in [6, 6.07) is 0.404. The van der Waals surface area contributed by atoms with Crippen molar-refractivity contribution in [3.63, 3.8) is 0 Å². The summed E-state index contributed by atoms with van der Waals surface area (Å²) in [4.78, 5) is 4.56. The third kappa shape index (κ3) is 4.13. The van der Waals surface area contributed by atoms with Gasteiger partial charge in [-0.25, -0.2) is 0 Å². The summed E-state index contributed by atoms with van der Waals surface area (Å²) < 4.78 is 0. The molecule has 15 heavy (non-hydrogen) atoms. The molecule has 3 nitrogen and oxygen atoms in total. The molecule has 84 valence electrons. The van der Waals surface area contributed by atoms with Crippen LogP contribution < -0.4 is 5.32 Å². The molecule has 0 amide bonds. The molecule has 0 aromatic carbocycles. The molecule has 0 bridgehead atoms. The fourth-order valence-electron chi connectivity index (χ4n) is 1.86. The zero-order valence-corrected chi connectivity index (χ0v) is 10.5. The Balaban J connectivity index is 2.50. The molecule has 1 N–H and O–H groups in total. The molecule has 0 unspecified atom stereocenters. The lowest BCUT2D eigenvalue weighted by molar-refractivity contribution is 0.226. The van der Waals surface area contributed by atoms with Crippen molar-refractivity contribution >= 4 is 16.9 Å². The van der Waals surface area contributed by atoms with Gasteiger partial charge in [0.05, 0.1) is 6.04 Å². The van der Waals surface area contributed by atoms with Crippen molar-refractivity contribution in [1.29, 1.82) is 5.26 Å². The largest absolute Gasteiger partial charge is 0.272 e. The zero-order valence-electron chi connectivity index (χ0n) is 9.71. The summed E-state index contributed by atoms with van der Waals surface area (Å²) in [5.74, 6) is 0. The van der Waals surface area contributed by atoms with Gasteiger partial charge in [-0.15, -0.1) is 0 Å². The maximum absolute atomic E-state index is 8.53. The number of aliphatic imine (C=N–C) groups is 1. The molecular weight excluding hydrogens is 206 g/mol. The number of nitriles is 1. The lowest BCUT2D eigenvalue weighted by atomic mass is 9.76. The Hall–Kier alpha value is -0.690. The van der Waals surface area contributed by atoms with Gasteiger partial charge in [0, 0.05) is 0 Å². The molecule has 1 rings (SSSR count). The second kappa shape index (κ2) is 5.41. The predicted molar refractivity (Wildman–Crippen MR) is 65.7 cm³/mol. The average molecular weight is 225 g/mol. The predicted octanol–water partition coefficient (Wildman–Crippen LogP) is 2.74. The van der Waals surface area contributed by atoms with Crippen LogP contribution in [0.25, 0.3) is 0 Å². The number of hydrogen-bond acceptors (Lipinski definition) is 3. The van der Waals surface area contributed by atoms with Gasteiger partial charge < -0.3 is 0 Å². The maximum atomic E-state index is 8.53. The fraction of sp³-hybridized carbons (Fsp3) is 0.818. The molecule has 0 aromatic rings. The van der Waals surface area contributed by atoms with E-state index in [1.165, 1.54) is 24.6 Å². The van der Waals surface area contributed by atoms with Gasteiger partial charge in [-0.3, -0.25) is 10.3 Å². The Morgan fingerprint density at radius 2 is 2.07 bits per heavy atom. The first-order valence-corrected chi connectivity index (χ1v) is 6.57. The van der Waals surface area contributed by atoms with Crippen molar-refractivity contribution in [2.75, 3.05) is 6.26 Å². The molecule has 4 heteroatoms. The van der Waals surface area contributed by atoms with Gasteiger partial charge in [-0.1, -0.05) is 25.6 Å². The molecule has 0 atom stereocenters. The van der Waals surface area contributed by atoms with E-state index >= 15 is 0 Å². The van der Waals surface area contributed by atoms with E-state index in [9.17, 15) is 0 Å². The second-order valence-electron chi connectivity index (χ2n) is 4.77. The molecule has 1 aliphatic rings. The number of nitrogens with zero attached hydrogens (tertiary/aromatic N) is 2. The highest BCUT2D eigenvalue weighted by Gasteiger charge is 2.26. The van der Waals surface area contributed by atoms with Crippen molar-refractivity contribution in [2.24, 2.45) is 10.4 Å². The van der Waals surface area contributed by atoms with Crippen molar-refractivity contribution in [2.45, 2.75) is 45.6 Å². The van der Waals surface area contributed by atoms with Gasteiger partial charge in [-0.2, -0.15) is 5.26 Å². The number of nitrogens with one attached hydrogen (secondary N) is 1. The normalized spacial score (nSPS) is 22.1. The topological polar surface area (TPSA) is 48.2 Å². The summed E-state index contributed by atoms with van der Waals surface area (Å²) in [6.07, 6.45) is 8.61. The van der Waals surface area contributed by atoms with Crippen LogP contribution in [0.5, 0.6) is 0 Å². The van der Waals surface area contributed by atoms with E-state index in [1.54, 1.807) is 0 Å². The van der Waals surface area contributed by atoms with Crippen molar-refractivity contribution in [3.8, 4) is 6.19 Å². The van der Waals surface area contributed by atoms with Crippen molar-refractivity contribution in [3.05, 3.63) is 0 Å². The van der Waals surface area contributed by atoms with Crippen LogP contribution >= 0.6 is 11.8 Å². The monoisotopic (exact) mass is 225 g/mol. The van der Waals surface area contributed by atoms with E-state index in [0.29, 0.717) is 11.5 Å². The number of rotatable bonds is 1. The van der Waals surface area contributed by atoms with Crippen LogP contribution in [0.1, 0.15) is 39.5 Å². The summed E-state index contributed by atoms with van der Waals surface area (Å²) in [5, 5.41) is 11.9. The Kier molecular flexibility index (Phi) is 4.46. The van der Waals surface area contributed by atoms with Crippen LogP contribution in [0.3, 0.4) is 0 Å². The maximum Gasteiger partial charge on any atom is 0.183 e. The van der Waals surface area contributed by atoms with Gasteiger partial charge in [0.25, 0.3) is 0 Å². The highest BCUT2D eigenvalue weighted by atomic mass is 32.2. The van der Waals surface area contributed by atoms with Crippen LogP contribution in [-0.4, -0.2) is 17.5 Å². The number of hydrogen-bond donors (Lipinski definition) is 1. The van der Waals surface area contributed by atoms with Crippen LogP contribution in [0, 0.1) is 16.9 Å². The Morgan fingerprint density at radius 3 is 2.53 bits per heavy atom. The molecule has 1 aliphatic carbocycles. The van der Waals surface area contributed by atoms with E-state index in [-0.39, 0.29) is 0 Å². The quantitative estimate of drug-likeness (QED) is 0.323. The van der Waals surface area contributed by atoms with E-state index in [1.807, 2.05) is 12.4 Å². The first-order valence-electron chi connectivity index (χ1n) is 5.34. The molecule has 1 fully saturated rings. The highest BCUT2D eigenvalue weighted by Crippen LogP contribution is 2.36. The van der Waals surface area contributed by atoms with Crippen LogP contribution in [0.4, 0.5) is 0 Å². The SMILES string of the molecule is CSC(=NC1CCC(C)(C)CC1)NC#N. The van der Waals surface area contributed by atoms with Crippen molar-refractivity contribution in [1.82, 2.24) is 5.32 Å². The zero-order chi connectivity index (χ0) is 11.3. The summed E-state index contributed by atoms with van der Waals surface area (Å²) in [5.41, 5.74) is 0.480. The van der Waals surface area contributed by atoms with E-state index in [0.717, 1.165) is 18.0 Å². The molecule has 1 saturated carbocycles. The minimum absolute atomic E-state index is 0.404. The van der Waals surface area contributed by atoms with E-state index < -0.39 is 0 Å². The molecule has 0 aromatic heterocycles. The van der Waals surface area contributed by atoms with Crippen molar-refractivity contribution < 1.29 is 0 Å². The van der Waals surface area contributed by atoms with E-state index in [2.05, 4.69) is 24.2 Å². The number of amidine groups is 1. The first-order chi connectivity index (χ1) is 7.07. The van der Waals surface area contributed by atoms with E-state index in [4.69, 9.17) is 5.26 Å². The third-order valence-corrected chi connectivity index (χ3v) is 3.56. The van der Waals surface area contributed by atoms with Gasteiger partial charge >= 0.3 is 0 Å². The van der Waals surface area contributed by atoms with Crippen LogP contribution in [0.2, 0.25) is 0 Å². The number of thioether (sulfide) groups is 1. The minimum Gasteiger partial charge on any atom is -0.272 e. The third-order valence-electron chi connectivity index (χ3n) is 2.96. The highest BCUT2D eigenvalue weighted by molar-refractivity contribution is 8.13. The van der Waals surface area contributed by atoms with Gasteiger partial charge in [-0.05, 0) is 37.4 Å². The van der Waals surface area contributed by atoms with Crippen LogP contribution in [0.15, 0.2) is 4.99 Å². The van der Waals surface area contributed by atoms with Gasteiger partial charge in [0.15, 0.2) is 11.4 Å². The molecular formula is C11H19N3S. The molecule has 0 saturated heterocycles. The lowest BCUT2D eigenvalue weighted by Crippen LogP contribution is -2.25. The van der Waals surface area contributed by atoms with Gasteiger partial charge in [0.2, 0.25) is 0 Å². The minimum atomic E-state index is 0.404. The standard InChI is InChI=1S/C11H19N3S/c1-11(2)6-4-9(5-7-11)14-10(15-3)13-8-12/h9H,4-7H2,1-3H3,(H,13,14). The Bertz CT molecular complexity index is 268. The lowest BCUT2D eigenvalue weighted by Gasteiger charge is -2.32. The summed E-state index contributed by atoms with van der Waals surface area (Å²) in [6.45, 7) is 4.63. The Morgan fingerprint density at radius 1 is 1.47 bits per heavy atom. The molecule has 0 aliphatic heterocycles. The molecule has 0 radical (unpaired) electrons. The second-order valence-corrected chi connectivity index (χ2v) is 5.57. The molecule has 0 heterocycles. The van der Waals surface area contributed by atoms with Crippen LogP contribution in [-0.2, 0) is 0 Å². The smallest absolute Gasteiger partial charge is 0.183 e. The van der Waals surface area contributed by atoms with Gasteiger partial charge in [0.1, 0.15) is 0 Å². The fourth-order valence-corrected chi connectivity index (χ4v) is 2.26. The molecule has 0 spiro atoms. The Labute approximate surface area is 96.3 Å². The summed E-state index contributed by atoms with van der Waals surface area (Å²) >= 11 is 1.50. The average Bonchev–Trinajstić information content (AvgIpc) is 2.20. The summed E-state index contributed by atoms with van der Waals surface area (Å²) in [7, 11) is 0. The first kappa shape index (κ1) is 12.4.